The number of H-pyrrole nitrogens is 1. The van der Waals surface area contributed by atoms with Crippen molar-refractivity contribution in [3.8, 4) is 0 Å². The Kier molecular flexibility index (Phi) is 2.36. The quantitative estimate of drug-likeness (QED) is 0.752. The fraction of sp³-hybridized carbons (Fsp3) is 0.0909. The van der Waals surface area contributed by atoms with Crippen molar-refractivity contribution in [2.75, 3.05) is 7.11 Å². The predicted octanol–water partition coefficient (Wildman–Crippen LogP) is 1.65. The topological polar surface area (TPSA) is 79.4 Å². The summed E-state index contributed by atoms with van der Waals surface area (Å²) in [7, 11) is 1.28. The van der Waals surface area contributed by atoms with Gasteiger partial charge in [-0.3, -0.25) is 0 Å². The molecule has 5 heteroatoms. The molecule has 0 fully saturated rings. The van der Waals surface area contributed by atoms with E-state index >= 15 is 0 Å². The van der Waals surface area contributed by atoms with Crippen LogP contribution in [0.25, 0.3) is 10.9 Å². The summed E-state index contributed by atoms with van der Waals surface area (Å²) in [5.41, 5.74) is 1.17. The van der Waals surface area contributed by atoms with E-state index in [4.69, 9.17) is 5.11 Å². The number of carbonyl (C=O) groups excluding carboxylic acids is 1. The first-order valence-electron chi connectivity index (χ1n) is 4.56. The molecule has 0 aliphatic heterocycles. The summed E-state index contributed by atoms with van der Waals surface area (Å²) in [4.78, 5) is 25.0. The molecule has 0 aliphatic rings. The standard InChI is InChI=1S/C11H9NO4/c1-16-11(15)8-5-12-9-3-2-6(10(13)14)4-7(8)9/h2-5,12H,1H3,(H,13,14). The fourth-order valence-corrected chi connectivity index (χ4v) is 1.53. The zero-order valence-electron chi connectivity index (χ0n) is 8.48. The third-order valence-corrected chi connectivity index (χ3v) is 2.33. The highest BCUT2D eigenvalue weighted by molar-refractivity contribution is 6.06. The largest absolute Gasteiger partial charge is 0.478 e. The number of nitrogens with one attached hydrogen (secondary N) is 1. The molecule has 16 heavy (non-hydrogen) atoms. The average Bonchev–Trinajstić information content (AvgIpc) is 2.70. The van der Waals surface area contributed by atoms with E-state index in [2.05, 4.69) is 9.72 Å². The minimum Gasteiger partial charge on any atom is -0.478 e. The maximum atomic E-state index is 11.4. The molecule has 0 saturated carbocycles. The van der Waals surface area contributed by atoms with Crippen LogP contribution in [0, 0.1) is 0 Å². The van der Waals surface area contributed by atoms with Gasteiger partial charge in [-0.2, -0.15) is 0 Å². The normalized spacial score (nSPS) is 10.3. The molecule has 0 bridgehead atoms. The van der Waals surface area contributed by atoms with E-state index in [0.29, 0.717) is 16.5 Å². The Hall–Kier alpha value is -2.30. The van der Waals surface area contributed by atoms with Gasteiger partial charge in [0.05, 0.1) is 18.2 Å². The van der Waals surface area contributed by atoms with Crippen LogP contribution in [0.4, 0.5) is 0 Å². The number of benzene rings is 1. The van der Waals surface area contributed by atoms with Crippen molar-refractivity contribution in [3.05, 3.63) is 35.5 Å². The minimum atomic E-state index is -1.03. The van der Waals surface area contributed by atoms with Gasteiger partial charge in [-0.25, -0.2) is 9.59 Å². The van der Waals surface area contributed by atoms with Gasteiger partial charge in [0.15, 0.2) is 0 Å². The summed E-state index contributed by atoms with van der Waals surface area (Å²) in [6.45, 7) is 0. The van der Waals surface area contributed by atoms with E-state index in [0.717, 1.165) is 0 Å². The second-order valence-electron chi connectivity index (χ2n) is 3.26. The number of carboxylic acids is 1. The molecule has 0 unspecified atom stereocenters. The van der Waals surface area contributed by atoms with E-state index in [9.17, 15) is 9.59 Å². The van der Waals surface area contributed by atoms with E-state index in [-0.39, 0.29) is 5.56 Å². The maximum Gasteiger partial charge on any atom is 0.340 e. The van der Waals surface area contributed by atoms with E-state index < -0.39 is 11.9 Å². The first-order chi connectivity index (χ1) is 7.63. The third kappa shape index (κ3) is 1.52. The van der Waals surface area contributed by atoms with Gasteiger partial charge < -0.3 is 14.8 Å². The van der Waals surface area contributed by atoms with Crippen molar-refractivity contribution >= 4 is 22.8 Å². The molecule has 82 valence electrons. The van der Waals surface area contributed by atoms with Crippen molar-refractivity contribution in [2.24, 2.45) is 0 Å². The molecule has 1 aromatic heterocycles. The molecule has 0 amide bonds. The number of ether oxygens (including phenoxy) is 1. The number of aromatic nitrogens is 1. The highest BCUT2D eigenvalue weighted by Crippen LogP contribution is 2.20. The summed E-state index contributed by atoms with van der Waals surface area (Å²) in [6.07, 6.45) is 1.50. The Bertz CT molecular complexity index is 570. The van der Waals surface area contributed by atoms with Gasteiger partial charge in [-0.1, -0.05) is 0 Å². The number of carbonyl (C=O) groups is 2. The summed E-state index contributed by atoms with van der Waals surface area (Å²) in [5, 5.41) is 9.39. The molecule has 0 spiro atoms. The first-order valence-corrected chi connectivity index (χ1v) is 4.56. The van der Waals surface area contributed by atoms with Crippen LogP contribution in [0.1, 0.15) is 20.7 Å². The summed E-state index contributed by atoms with van der Waals surface area (Å²) in [6, 6.07) is 4.54. The van der Waals surface area contributed by atoms with Gasteiger partial charge in [0, 0.05) is 17.1 Å². The maximum absolute atomic E-state index is 11.4. The molecule has 1 heterocycles. The number of carboxylic acid groups (broad SMARTS) is 1. The number of aromatic amines is 1. The molecule has 2 aromatic rings. The van der Waals surface area contributed by atoms with E-state index in [1.165, 1.54) is 25.4 Å². The molecule has 0 aliphatic carbocycles. The molecule has 0 atom stereocenters. The fourth-order valence-electron chi connectivity index (χ4n) is 1.53. The molecule has 1 aromatic carbocycles. The van der Waals surface area contributed by atoms with Gasteiger partial charge in [0.25, 0.3) is 0 Å². The smallest absolute Gasteiger partial charge is 0.340 e. The first kappa shape index (κ1) is 10.2. The number of aromatic carboxylic acids is 1. The predicted molar refractivity (Wildman–Crippen MR) is 56.6 cm³/mol. The Balaban J connectivity index is 2.64. The number of methoxy groups -OCH3 is 1. The van der Waals surface area contributed by atoms with Crippen LogP contribution in [0.5, 0.6) is 0 Å². The van der Waals surface area contributed by atoms with Crippen LogP contribution >= 0.6 is 0 Å². The minimum absolute atomic E-state index is 0.136. The van der Waals surface area contributed by atoms with Crippen LogP contribution in [-0.4, -0.2) is 29.1 Å². The zero-order valence-corrected chi connectivity index (χ0v) is 8.48. The highest BCUT2D eigenvalue weighted by atomic mass is 16.5. The van der Waals surface area contributed by atoms with Gasteiger partial charge in [-0.05, 0) is 18.2 Å². The lowest BCUT2D eigenvalue weighted by atomic mass is 10.1. The zero-order chi connectivity index (χ0) is 11.7. The monoisotopic (exact) mass is 219 g/mol. The summed E-state index contributed by atoms with van der Waals surface area (Å²) in [5.74, 6) is -1.52. The molecule has 0 radical (unpaired) electrons. The lowest BCUT2D eigenvalue weighted by Crippen LogP contribution is -2.00. The second-order valence-corrected chi connectivity index (χ2v) is 3.26. The number of fused-ring (bicyclic) bond motifs is 1. The van der Waals surface area contributed by atoms with Crippen LogP contribution in [-0.2, 0) is 4.74 Å². The Morgan fingerprint density at radius 1 is 1.38 bits per heavy atom. The lowest BCUT2D eigenvalue weighted by Gasteiger charge is -1.98. The lowest BCUT2D eigenvalue weighted by molar-refractivity contribution is 0.0601. The Labute approximate surface area is 90.6 Å². The molecular weight excluding hydrogens is 210 g/mol. The van der Waals surface area contributed by atoms with Gasteiger partial charge in [0.1, 0.15) is 0 Å². The summed E-state index contributed by atoms with van der Waals surface area (Å²) < 4.78 is 4.60. The van der Waals surface area contributed by atoms with Gasteiger partial charge >= 0.3 is 11.9 Å². The van der Waals surface area contributed by atoms with Crippen LogP contribution in [0.15, 0.2) is 24.4 Å². The second kappa shape index (κ2) is 3.69. The number of rotatable bonds is 2. The van der Waals surface area contributed by atoms with Crippen molar-refractivity contribution in [3.63, 3.8) is 0 Å². The van der Waals surface area contributed by atoms with Crippen molar-refractivity contribution in [1.82, 2.24) is 4.98 Å². The van der Waals surface area contributed by atoms with Crippen LogP contribution < -0.4 is 0 Å². The summed E-state index contributed by atoms with van der Waals surface area (Å²) >= 11 is 0. The number of hydrogen-bond donors (Lipinski definition) is 2. The Morgan fingerprint density at radius 3 is 2.75 bits per heavy atom. The van der Waals surface area contributed by atoms with Crippen molar-refractivity contribution in [1.29, 1.82) is 0 Å². The Morgan fingerprint density at radius 2 is 2.12 bits per heavy atom. The molecule has 2 rings (SSSR count). The third-order valence-electron chi connectivity index (χ3n) is 2.33. The van der Waals surface area contributed by atoms with Crippen LogP contribution in [0.3, 0.4) is 0 Å². The SMILES string of the molecule is COC(=O)c1c[nH]c2ccc(C(=O)O)cc12. The van der Waals surface area contributed by atoms with Gasteiger partial charge in [-0.15, -0.1) is 0 Å². The molecular formula is C11H9NO4. The highest BCUT2D eigenvalue weighted by Gasteiger charge is 2.13. The number of hydrogen-bond acceptors (Lipinski definition) is 3. The van der Waals surface area contributed by atoms with Gasteiger partial charge in [0.2, 0.25) is 0 Å². The van der Waals surface area contributed by atoms with E-state index in [1.54, 1.807) is 6.07 Å². The van der Waals surface area contributed by atoms with Crippen molar-refractivity contribution in [2.45, 2.75) is 0 Å². The van der Waals surface area contributed by atoms with Crippen LogP contribution in [0.2, 0.25) is 0 Å². The number of esters is 1. The molecule has 5 nitrogen and oxygen atoms in total. The average molecular weight is 219 g/mol. The van der Waals surface area contributed by atoms with E-state index in [1.807, 2.05) is 0 Å². The molecule has 2 N–H and O–H groups in total. The van der Waals surface area contributed by atoms with Crippen molar-refractivity contribution < 1.29 is 19.4 Å². The molecule has 0 saturated heterocycles.